The SMILES string of the molecule is CCC(C)(C)[C@@H]1CCc2nc3sc(C(=O)Nc4cc(C)on4)c(N)c3cc2C1. The van der Waals surface area contributed by atoms with Gasteiger partial charge in [-0.15, -0.1) is 11.3 Å². The third-order valence-electron chi connectivity index (χ3n) is 6.18. The number of rotatable bonds is 4. The first-order chi connectivity index (χ1) is 13.3. The van der Waals surface area contributed by atoms with Crippen LogP contribution in [0.3, 0.4) is 0 Å². The molecule has 3 N–H and O–H groups in total. The molecule has 0 aliphatic heterocycles. The highest BCUT2D eigenvalue weighted by Gasteiger charge is 2.32. The standard InChI is InChI=1S/C21H26N4O2S/c1-5-21(3,4)13-6-7-15-12(9-13)10-14-17(22)18(28-20(14)23-15)19(26)24-16-8-11(2)27-25-16/h8,10,13H,5-7,9,22H2,1-4H3,(H,24,25,26)/t13-/m1/s1. The van der Waals surface area contributed by atoms with Gasteiger partial charge >= 0.3 is 0 Å². The van der Waals surface area contributed by atoms with Crippen molar-refractivity contribution >= 4 is 39.0 Å². The van der Waals surface area contributed by atoms with E-state index in [0.29, 0.717) is 33.5 Å². The smallest absolute Gasteiger partial charge is 0.269 e. The molecule has 0 unspecified atom stereocenters. The molecule has 4 rings (SSSR count). The van der Waals surface area contributed by atoms with Gasteiger partial charge in [0.2, 0.25) is 0 Å². The Balaban J connectivity index is 1.66. The van der Waals surface area contributed by atoms with Crippen LogP contribution in [-0.4, -0.2) is 16.0 Å². The van der Waals surface area contributed by atoms with E-state index in [1.54, 1.807) is 13.0 Å². The Bertz CT molecular complexity index is 1050. The molecule has 0 saturated heterocycles. The van der Waals surface area contributed by atoms with Crippen molar-refractivity contribution in [2.45, 2.75) is 53.4 Å². The van der Waals surface area contributed by atoms with Crippen LogP contribution in [0.25, 0.3) is 10.2 Å². The molecule has 3 aromatic heterocycles. The van der Waals surface area contributed by atoms with Crippen molar-refractivity contribution in [2.24, 2.45) is 11.3 Å². The van der Waals surface area contributed by atoms with E-state index in [4.69, 9.17) is 15.2 Å². The van der Waals surface area contributed by atoms with Crippen LogP contribution >= 0.6 is 11.3 Å². The van der Waals surface area contributed by atoms with E-state index in [2.05, 4.69) is 37.3 Å². The molecule has 0 bridgehead atoms. The van der Waals surface area contributed by atoms with Crippen molar-refractivity contribution in [1.29, 1.82) is 0 Å². The molecule has 148 valence electrons. The minimum Gasteiger partial charge on any atom is -0.397 e. The molecule has 7 heteroatoms. The minimum absolute atomic E-state index is 0.281. The molecule has 1 atom stereocenters. The second-order valence-electron chi connectivity index (χ2n) is 8.35. The van der Waals surface area contributed by atoms with Gasteiger partial charge in [0.15, 0.2) is 5.82 Å². The second kappa shape index (κ2) is 6.88. The van der Waals surface area contributed by atoms with Crippen molar-refractivity contribution in [2.75, 3.05) is 11.1 Å². The number of carbonyl (C=O) groups excluding carboxylic acids is 1. The van der Waals surface area contributed by atoms with Crippen LogP contribution in [0.2, 0.25) is 0 Å². The number of aromatic nitrogens is 2. The van der Waals surface area contributed by atoms with Crippen LogP contribution in [0.1, 0.15) is 60.3 Å². The van der Waals surface area contributed by atoms with Crippen LogP contribution in [-0.2, 0) is 12.8 Å². The monoisotopic (exact) mass is 398 g/mol. The zero-order valence-electron chi connectivity index (χ0n) is 16.8. The molecular weight excluding hydrogens is 372 g/mol. The fourth-order valence-corrected chi connectivity index (χ4v) is 4.90. The quantitative estimate of drug-likeness (QED) is 0.647. The van der Waals surface area contributed by atoms with Crippen LogP contribution < -0.4 is 11.1 Å². The molecule has 1 amide bonds. The summed E-state index contributed by atoms with van der Waals surface area (Å²) < 4.78 is 5.00. The number of anilines is 2. The molecule has 28 heavy (non-hydrogen) atoms. The van der Waals surface area contributed by atoms with Crippen molar-refractivity contribution in [3.05, 3.63) is 34.0 Å². The van der Waals surface area contributed by atoms with Crippen molar-refractivity contribution in [3.63, 3.8) is 0 Å². The average molecular weight is 399 g/mol. The predicted octanol–water partition coefficient (Wildman–Crippen LogP) is 4.97. The Kier molecular flexibility index (Phi) is 4.65. The third kappa shape index (κ3) is 3.28. The molecule has 0 saturated carbocycles. The Morgan fingerprint density at radius 1 is 1.43 bits per heavy atom. The van der Waals surface area contributed by atoms with Gasteiger partial charge in [-0.25, -0.2) is 4.98 Å². The lowest BCUT2D eigenvalue weighted by molar-refractivity contribution is 0.103. The molecule has 0 radical (unpaired) electrons. The minimum atomic E-state index is -0.281. The lowest BCUT2D eigenvalue weighted by atomic mass is 9.69. The van der Waals surface area contributed by atoms with E-state index in [1.165, 1.54) is 16.9 Å². The number of nitrogens with two attached hydrogens (primary N) is 1. The van der Waals surface area contributed by atoms with E-state index in [0.717, 1.165) is 41.6 Å². The van der Waals surface area contributed by atoms with Crippen molar-refractivity contribution in [1.82, 2.24) is 10.1 Å². The van der Waals surface area contributed by atoms with Crippen LogP contribution in [0.4, 0.5) is 11.5 Å². The number of aryl methyl sites for hydroxylation is 2. The molecule has 3 heterocycles. The van der Waals surface area contributed by atoms with E-state index >= 15 is 0 Å². The molecule has 1 aliphatic carbocycles. The number of carbonyl (C=O) groups is 1. The van der Waals surface area contributed by atoms with E-state index < -0.39 is 0 Å². The summed E-state index contributed by atoms with van der Waals surface area (Å²) in [5.74, 6) is 1.38. The third-order valence-corrected chi connectivity index (χ3v) is 7.29. The first kappa shape index (κ1) is 18.9. The average Bonchev–Trinajstić information content (AvgIpc) is 3.22. The first-order valence-electron chi connectivity index (χ1n) is 9.74. The lowest BCUT2D eigenvalue weighted by Crippen LogP contribution is -2.29. The number of pyridine rings is 1. The Morgan fingerprint density at radius 2 is 2.21 bits per heavy atom. The van der Waals surface area contributed by atoms with E-state index in [-0.39, 0.29) is 5.91 Å². The van der Waals surface area contributed by atoms with E-state index in [9.17, 15) is 4.79 Å². The summed E-state index contributed by atoms with van der Waals surface area (Å²) in [6.07, 6.45) is 4.33. The van der Waals surface area contributed by atoms with Gasteiger partial charge in [0.25, 0.3) is 5.91 Å². The predicted molar refractivity (Wildman–Crippen MR) is 113 cm³/mol. The number of nitrogens with one attached hydrogen (secondary N) is 1. The summed E-state index contributed by atoms with van der Waals surface area (Å²) in [6.45, 7) is 8.73. The van der Waals surface area contributed by atoms with Gasteiger partial charge in [-0.2, -0.15) is 0 Å². The van der Waals surface area contributed by atoms with Gasteiger partial charge in [0.1, 0.15) is 15.5 Å². The molecule has 3 aromatic rings. The highest BCUT2D eigenvalue weighted by atomic mass is 32.1. The summed E-state index contributed by atoms with van der Waals surface area (Å²) in [5.41, 5.74) is 9.57. The number of fused-ring (bicyclic) bond motifs is 2. The molecule has 0 spiro atoms. The fourth-order valence-electron chi connectivity index (χ4n) is 3.91. The fraction of sp³-hybridized carbons (Fsp3) is 0.476. The number of hydrogen-bond donors (Lipinski definition) is 2. The summed E-state index contributed by atoms with van der Waals surface area (Å²) in [4.78, 5) is 18.8. The van der Waals surface area contributed by atoms with E-state index in [1.807, 2.05) is 0 Å². The number of thiophene rings is 1. The molecule has 1 aliphatic rings. The van der Waals surface area contributed by atoms with Crippen molar-refractivity contribution < 1.29 is 9.32 Å². The van der Waals surface area contributed by atoms with Crippen LogP contribution in [0, 0.1) is 18.3 Å². The summed E-state index contributed by atoms with van der Waals surface area (Å²) in [6, 6.07) is 3.83. The Morgan fingerprint density at radius 3 is 2.89 bits per heavy atom. The maximum Gasteiger partial charge on any atom is 0.269 e. The van der Waals surface area contributed by atoms with Gasteiger partial charge in [-0.05, 0) is 49.1 Å². The summed E-state index contributed by atoms with van der Waals surface area (Å²) in [7, 11) is 0. The Hall–Kier alpha value is -2.41. The summed E-state index contributed by atoms with van der Waals surface area (Å²) >= 11 is 1.34. The molecule has 6 nitrogen and oxygen atoms in total. The Labute approximate surface area is 168 Å². The van der Waals surface area contributed by atoms with Gasteiger partial charge in [-0.3, -0.25) is 4.79 Å². The van der Waals surface area contributed by atoms with Gasteiger partial charge in [0.05, 0.1) is 5.69 Å². The zero-order chi connectivity index (χ0) is 20.1. The van der Waals surface area contributed by atoms with Gasteiger partial charge in [0, 0.05) is 17.1 Å². The van der Waals surface area contributed by atoms with Crippen molar-refractivity contribution in [3.8, 4) is 0 Å². The van der Waals surface area contributed by atoms with Crippen LogP contribution in [0.15, 0.2) is 16.7 Å². The normalized spacial score (nSPS) is 16.9. The number of amides is 1. The van der Waals surface area contributed by atoms with Crippen LogP contribution in [0.5, 0.6) is 0 Å². The van der Waals surface area contributed by atoms with Gasteiger partial charge in [-0.1, -0.05) is 32.3 Å². The highest BCUT2D eigenvalue weighted by Crippen LogP contribution is 2.42. The first-order valence-corrected chi connectivity index (χ1v) is 10.6. The number of nitrogens with zero attached hydrogens (tertiary/aromatic N) is 2. The highest BCUT2D eigenvalue weighted by molar-refractivity contribution is 7.21. The van der Waals surface area contributed by atoms with Gasteiger partial charge < -0.3 is 15.6 Å². The second-order valence-corrected chi connectivity index (χ2v) is 9.35. The largest absolute Gasteiger partial charge is 0.397 e. The number of hydrogen-bond acceptors (Lipinski definition) is 6. The maximum atomic E-state index is 12.7. The molecule has 0 fully saturated rings. The zero-order valence-corrected chi connectivity index (χ0v) is 17.6. The lowest BCUT2D eigenvalue weighted by Gasteiger charge is -2.36. The topological polar surface area (TPSA) is 94.0 Å². The number of nitrogen functional groups attached to an aromatic ring is 1. The maximum absolute atomic E-state index is 12.7. The molecular formula is C21H26N4O2S. The summed E-state index contributed by atoms with van der Waals surface area (Å²) in [5, 5.41) is 7.43. The molecule has 0 aromatic carbocycles.